The maximum absolute atomic E-state index is 3.81. The van der Waals surface area contributed by atoms with Crippen LogP contribution in [-0.4, -0.2) is 36.6 Å². The molecule has 2 aliphatic rings. The minimum Gasteiger partial charge on any atom is -0.313 e. The van der Waals surface area contributed by atoms with Gasteiger partial charge in [-0.15, -0.1) is 0 Å². The number of nitrogens with one attached hydrogen (secondary N) is 1. The lowest BCUT2D eigenvalue weighted by molar-refractivity contribution is 0.0574. The van der Waals surface area contributed by atoms with Gasteiger partial charge in [0.25, 0.3) is 0 Å². The molecule has 1 N–H and O–H groups in total. The number of likely N-dealkylation sites (tertiary alicyclic amines) is 1. The molecule has 2 nitrogen and oxygen atoms in total. The van der Waals surface area contributed by atoms with Gasteiger partial charge in [-0.05, 0) is 44.1 Å². The molecular weight excluding hydrogens is 220 g/mol. The fourth-order valence-corrected chi connectivity index (χ4v) is 3.31. The molecule has 0 amide bonds. The molecule has 2 rings (SSSR count). The Hall–Kier alpha value is -0.0800. The molecule has 0 aromatic rings. The maximum atomic E-state index is 3.81. The van der Waals surface area contributed by atoms with Crippen LogP contribution in [0, 0.1) is 11.8 Å². The zero-order valence-electron chi connectivity index (χ0n) is 12.6. The van der Waals surface area contributed by atoms with Crippen molar-refractivity contribution in [3.05, 3.63) is 0 Å². The Morgan fingerprint density at radius 1 is 1.22 bits per heavy atom. The van der Waals surface area contributed by atoms with Crippen LogP contribution in [0.1, 0.15) is 59.3 Å². The van der Waals surface area contributed by atoms with Gasteiger partial charge >= 0.3 is 0 Å². The number of hydrogen-bond donors (Lipinski definition) is 1. The highest BCUT2D eigenvalue weighted by Crippen LogP contribution is 2.30. The van der Waals surface area contributed by atoms with E-state index in [2.05, 4.69) is 31.0 Å². The van der Waals surface area contributed by atoms with Crippen molar-refractivity contribution in [3.63, 3.8) is 0 Å². The van der Waals surface area contributed by atoms with Gasteiger partial charge in [0.15, 0.2) is 0 Å². The molecule has 106 valence electrons. The highest BCUT2D eigenvalue weighted by molar-refractivity contribution is 4.89. The summed E-state index contributed by atoms with van der Waals surface area (Å²) in [7, 11) is 0. The molecule has 2 atom stereocenters. The molecule has 0 aromatic carbocycles. The van der Waals surface area contributed by atoms with Crippen molar-refractivity contribution >= 4 is 0 Å². The Morgan fingerprint density at radius 3 is 2.56 bits per heavy atom. The molecule has 0 aromatic heterocycles. The van der Waals surface area contributed by atoms with Crippen LogP contribution in [0.25, 0.3) is 0 Å². The molecule has 2 heteroatoms. The van der Waals surface area contributed by atoms with Crippen molar-refractivity contribution in [2.45, 2.75) is 71.4 Å². The number of hydrogen-bond acceptors (Lipinski definition) is 2. The fraction of sp³-hybridized carbons (Fsp3) is 1.00. The highest BCUT2D eigenvalue weighted by atomic mass is 15.2. The van der Waals surface area contributed by atoms with Crippen LogP contribution in [-0.2, 0) is 0 Å². The Morgan fingerprint density at radius 2 is 2.00 bits per heavy atom. The van der Waals surface area contributed by atoms with Gasteiger partial charge in [-0.25, -0.2) is 0 Å². The quantitative estimate of drug-likeness (QED) is 0.780. The minimum atomic E-state index is 0.753. The van der Waals surface area contributed by atoms with Gasteiger partial charge in [0.2, 0.25) is 0 Å². The molecule has 1 heterocycles. The molecule has 1 saturated heterocycles. The number of nitrogens with zero attached hydrogens (tertiary/aromatic N) is 1. The Balaban J connectivity index is 1.77. The van der Waals surface area contributed by atoms with Crippen LogP contribution in [0.2, 0.25) is 0 Å². The largest absolute Gasteiger partial charge is 0.313 e. The van der Waals surface area contributed by atoms with Crippen molar-refractivity contribution in [1.29, 1.82) is 0 Å². The number of piperidine rings is 1. The third-order valence-electron chi connectivity index (χ3n) is 4.89. The van der Waals surface area contributed by atoms with Crippen LogP contribution in [0.3, 0.4) is 0 Å². The SMILES string of the molecule is CCC1CC(NCCC(C)C)CN(C2CCC2)C1. The molecule has 2 unspecified atom stereocenters. The first-order chi connectivity index (χ1) is 8.69. The van der Waals surface area contributed by atoms with Crippen LogP contribution < -0.4 is 5.32 Å². The average molecular weight is 252 g/mol. The summed E-state index contributed by atoms with van der Waals surface area (Å²) in [6.45, 7) is 10.9. The van der Waals surface area contributed by atoms with Crippen molar-refractivity contribution < 1.29 is 0 Å². The van der Waals surface area contributed by atoms with E-state index in [4.69, 9.17) is 0 Å². The van der Waals surface area contributed by atoms with E-state index in [1.54, 1.807) is 0 Å². The van der Waals surface area contributed by atoms with Crippen molar-refractivity contribution in [1.82, 2.24) is 10.2 Å². The standard InChI is InChI=1S/C16H32N2/c1-4-14-10-15(17-9-8-13(2)3)12-18(11-14)16-6-5-7-16/h13-17H,4-12H2,1-3H3. The van der Waals surface area contributed by atoms with Gasteiger partial charge in [-0.2, -0.15) is 0 Å². The average Bonchev–Trinajstić information content (AvgIpc) is 2.26. The normalized spacial score (nSPS) is 30.7. The van der Waals surface area contributed by atoms with Gasteiger partial charge in [-0.1, -0.05) is 33.6 Å². The Kier molecular flexibility index (Phi) is 5.50. The Labute approximate surface area is 114 Å². The van der Waals surface area contributed by atoms with Gasteiger partial charge in [0.1, 0.15) is 0 Å². The smallest absolute Gasteiger partial charge is 0.0198 e. The highest BCUT2D eigenvalue weighted by Gasteiger charge is 2.32. The second kappa shape index (κ2) is 6.91. The van der Waals surface area contributed by atoms with E-state index >= 15 is 0 Å². The fourth-order valence-electron chi connectivity index (χ4n) is 3.31. The number of rotatable bonds is 6. The summed E-state index contributed by atoms with van der Waals surface area (Å²) < 4.78 is 0. The van der Waals surface area contributed by atoms with Gasteiger partial charge < -0.3 is 5.32 Å². The lowest BCUT2D eigenvalue weighted by Gasteiger charge is -2.45. The first kappa shape index (κ1) is 14.3. The summed E-state index contributed by atoms with van der Waals surface area (Å²) in [4.78, 5) is 2.79. The van der Waals surface area contributed by atoms with E-state index < -0.39 is 0 Å². The molecule has 2 fully saturated rings. The van der Waals surface area contributed by atoms with Gasteiger partial charge in [-0.3, -0.25) is 4.90 Å². The molecule has 18 heavy (non-hydrogen) atoms. The maximum Gasteiger partial charge on any atom is 0.0198 e. The monoisotopic (exact) mass is 252 g/mol. The molecule has 1 saturated carbocycles. The second-order valence-electron chi connectivity index (χ2n) is 6.88. The third-order valence-corrected chi connectivity index (χ3v) is 4.89. The topological polar surface area (TPSA) is 15.3 Å². The van der Waals surface area contributed by atoms with Crippen LogP contribution in [0.4, 0.5) is 0 Å². The van der Waals surface area contributed by atoms with Crippen LogP contribution in [0.15, 0.2) is 0 Å². The lowest BCUT2D eigenvalue weighted by Crippen LogP contribution is -2.54. The third kappa shape index (κ3) is 3.96. The van der Waals surface area contributed by atoms with Crippen LogP contribution in [0.5, 0.6) is 0 Å². The summed E-state index contributed by atoms with van der Waals surface area (Å²) in [5.41, 5.74) is 0. The summed E-state index contributed by atoms with van der Waals surface area (Å²) >= 11 is 0. The molecule has 0 bridgehead atoms. The summed E-state index contributed by atoms with van der Waals surface area (Å²) in [6.07, 6.45) is 8.44. The molecule has 0 radical (unpaired) electrons. The van der Waals surface area contributed by atoms with E-state index in [1.165, 1.54) is 58.2 Å². The zero-order valence-corrected chi connectivity index (χ0v) is 12.6. The van der Waals surface area contributed by atoms with E-state index in [0.717, 1.165) is 23.9 Å². The predicted octanol–water partition coefficient (Wildman–Crippen LogP) is 3.28. The second-order valence-corrected chi connectivity index (χ2v) is 6.88. The van der Waals surface area contributed by atoms with E-state index in [0.29, 0.717) is 0 Å². The summed E-state index contributed by atoms with van der Waals surface area (Å²) in [6, 6.07) is 1.68. The first-order valence-corrected chi connectivity index (χ1v) is 8.16. The van der Waals surface area contributed by atoms with Crippen molar-refractivity contribution in [2.24, 2.45) is 11.8 Å². The molecule has 1 aliphatic carbocycles. The summed E-state index contributed by atoms with van der Waals surface area (Å²) in [5, 5.41) is 3.81. The van der Waals surface area contributed by atoms with Crippen molar-refractivity contribution in [2.75, 3.05) is 19.6 Å². The van der Waals surface area contributed by atoms with Gasteiger partial charge in [0.05, 0.1) is 0 Å². The Bertz CT molecular complexity index is 235. The lowest BCUT2D eigenvalue weighted by atomic mass is 9.85. The van der Waals surface area contributed by atoms with Gasteiger partial charge in [0, 0.05) is 25.2 Å². The molecule has 1 aliphatic heterocycles. The zero-order chi connectivity index (χ0) is 13.0. The van der Waals surface area contributed by atoms with E-state index in [1.807, 2.05) is 0 Å². The molecular formula is C16H32N2. The molecule has 0 spiro atoms. The van der Waals surface area contributed by atoms with Crippen LogP contribution >= 0.6 is 0 Å². The summed E-state index contributed by atoms with van der Waals surface area (Å²) in [5.74, 6) is 1.75. The minimum absolute atomic E-state index is 0.753. The van der Waals surface area contributed by atoms with E-state index in [-0.39, 0.29) is 0 Å². The predicted molar refractivity (Wildman–Crippen MR) is 78.9 cm³/mol. The van der Waals surface area contributed by atoms with Crippen molar-refractivity contribution in [3.8, 4) is 0 Å². The first-order valence-electron chi connectivity index (χ1n) is 8.16. The van der Waals surface area contributed by atoms with E-state index in [9.17, 15) is 0 Å².